The summed E-state index contributed by atoms with van der Waals surface area (Å²) in [6.07, 6.45) is 3.94. The van der Waals surface area contributed by atoms with Crippen LogP contribution in [0.2, 0.25) is 0 Å². The Labute approximate surface area is 171 Å². The minimum Gasteiger partial charge on any atom is -0.338 e. The number of nitrogens with zero attached hydrogens (tertiary/aromatic N) is 5. The summed E-state index contributed by atoms with van der Waals surface area (Å²) in [6, 6.07) is 10.9. The van der Waals surface area contributed by atoms with Crippen LogP contribution in [0.15, 0.2) is 48.8 Å². The van der Waals surface area contributed by atoms with Crippen molar-refractivity contribution >= 4 is 27.4 Å². The van der Waals surface area contributed by atoms with Gasteiger partial charge in [-0.3, -0.25) is 9.69 Å². The van der Waals surface area contributed by atoms with Crippen molar-refractivity contribution in [2.45, 2.75) is 12.5 Å². The van der Waals surface area contributed by atoms with E-state index in [0.717, 1.165) is 31.9 Å². The van der Waals surface area contributed by atoms with Crippen molar-refractivity contribution in [2.75, 3.05) is 54.0 Å². The molecule has 2 saturated heterocycles. The van der Waals surface area contributed by atoms with E-state index < -0.39 is 9.84 Å². The topological polar surface area (TPSA) is 86.7 Å². The van der Waals surface area contributed by atoms with Crippen LogP contribution in [0.5, 0.6) is 0 Å². The molecule has 2 aromatic rings. The fourth-order valence-electron chi connectivity index (χ4n) is 3.95. The maximum atomic E-state index is 13.2. The highest BCUT2D eigenvalue weighted by Crippen LogP contribution is 2.25. The SMILES string of the molecule is O=C(CN1CCN(c2ncccn2)CC1)N(c1ccccc1)[C@@H]1CCS(=O)(=O)C1. The number of hydrogen-bond acceptors (Lipinski definition) is 7. The Hall–Kier alpha value is -2.52. The van der Waals surface area contributed by atoms with E-state index in [2.05, 4.69) is 19.8 Å². The predicted octanol–water partition coefficient (Wildman–Crippen LogP) is 0.819. The minimum absolute atomic E-state index is 0.0345. The number of piperazine rings is 1. The molecule has 154 valence electrons. The predicted molar refractivity (Wildman–Crippen MR) is 112 cm³/mol. The van der Waals surface area contributed by atoms with Gasteiger partial charge in [0.1, 0.15) is 0 Å². The first-order chi connectivity index (χ1) is 14.0. The van der Waals surface area contributed by atoms with Crippen LogP contribution in [0, 0.1) is 0 Å². The molecule has 3 heterocycles. The third kappa shape index (κ3) is 4.73. The highest BCUT2D eigenvalue weighted by atomic mass is 32.2. The lowest BCUT2D eigenvalue weighted by molar-refractivity contribution is -0.120. The van der Waals surface area contributed by atoms with Gasteiger partial charge in [-0.15, -0.1) is 0 Å². The van der Waals surface area contributed by atoms with Crippen LogP contribution in [0.1, 0.15) is 6.42 Å². The Balaban J connectivity index is 1.42. The Morgan fingerprint density at radius 1 is 1.03 bits per heavy atom. The summed E-state index contributed by atoms with van der Waals surface area (Å²) in [4.78, 5) is 27.7. The zero-order valence-corrected chi connectivity index (χ0v) is 17.0. The summed E-state index contributed by atoms with van der Waals surface area (Å²) < 4.78 is 24.0. The molecule has 4 rings (SSSR count). The second-order valence-corrected chi connectivity index (χ2v) is 9.70. The number of aromatic nitrogens is 2. The standard InChI is InChI=1S/C20H25N5O3S/c26-19(15-23-10-12-24(13-11-23)20-21-8-4-9-22-20)25(17-5-2-1-3-6-17)18-7-14-29(27,28)16-18/h1-6,8-9,18H,7,10-16H2/t18-/m1/s1. The number of para-hydroxylation sites is 1. The number of sulfone groups is 1. The minimum atomic E-state index is -3.08. The third-order valence-electron chi connectivity index (χ3n) is 5.44. The summed E-state index contributed by atoms with van der Waals surface area (Å²) in [5, 5.41) is 0. The molecule has 0 unspecified atom stereocenters. The van der Waals surface area contributed by atoms with Crippen LogP contribution in [0.3, 0.4) is 0 Å². The maximum Gasteiger partial charge on any atom is 0.241 e. The van der Waals surface area contributed by atoms with E-state index in [1.165, 1.54) is 0 Å². The summed E-state index contributed by atoms with van der Waals surface area (Å²) in [5.74, 6) is 0.833. The second kappa shape index (κ2) is 8.46. The molecule has 0 radical (unpaired) electrons. The second-order valence-electron chi connectivity index (χ2n) is 7.47. The van der Waals surface area contributed by atoms with Crippen molar-refractivity contribution in [3.63, 3.8) is 0 Å². The van der Waals surface area contributed by atoms with Crippen LogP contribution in [-0.4, -0.2) is 79.5 Å². The van der Waals surface area contributed by atoms with E-state index in [0.29, 0.717) is 12.4 Å². The van der Waals surface area contributed by atoms with Gasteiger partial charge in [0.05, 0.1) is 24.1 Å². The van der Waals surface area contributed by atoms with Gasteiger partial charge in [0.15, 0.2) is 9.84 Å². The van der Waals surface area contributed by atoms with Gasteiger partial charge in [0.2, 0.25) is 11.9 Å². The van der Waals surface area contributed by atoms with Crippen LogP contribution >= 0.6 is 0 Å². The first-order valence-corrected chi connectivity index (χ1v) is 11.7. The molecule has 0 aliphatic carbocycles. The van der Waals surface area contributed by atoms with Crippen LogP contribution in [-0.2, 0) is 14.6 Å². The molecule has 9 heteroatoms. The van der Waals surface area contributed by atoms with Crippen molar-refractivity contribution in [1.82, 2.24) is 14.9 Å². The van der Waals surface area contributed by atoms with E-state index in [1.54, 1.807) is 23.4 Å². The third-order valence-corrected chi connectivity index (χ3v) is 7.19. The van der Waals surface area contributed by atoms with Gasteiger partial charge < -0.3 is 9.80 Å². The molecule has 0 bridgehead atoms. The molecule has 2 aliphatic rings. The van der Waals surface area contributed by atoms with Crippen molar-refractivity contribution in [3.8, 4) is 0 Å². The molecule has 1 aromatic heterocycles. The van der Waals surface area contributed by atoms with Gasteiger partial charge >= 0.3 is 0 Å². The van der Waals surface area contributed by atoms with E-state index in [-0.39, 0.29) is 30.0 Å². The fourth-order valence-corrected chi connectivity index (χ4v) is 5.65. The van der Waals surface area contributed by atoms with E-state index in [4.69, 9.17) is 0 Å². The highest BCUT2D eigenvalue weighted by Gasteiger charge is 2.36. The molecule has 1 atom stereocenters. The smallest absolute Gasteiger partial charge is 0.241 e. The molecular formula is C20H25N5O3S. The van der Waals surface area contributed by atoms with E-state index >= 15 is 0 Å². The number of anilines is 2. The molecule has 0 N–H and O–H groups in total. The van der Waals surface area contributed by atoms with Gasteiger partial charge in [0, 0.05) is 44.3 Å². The maximum absolute atomic E-state index is 13.2. The first-order valence-electron chi connectivity index (χ1n) is 9.84. The number of rotatable bonds is 5. The van der Waals surface area contributed by atoms with Crippen LogP contribution < -0.4 is 9.80 Å². The molecular weight excluding hydrogens is 390 g/mol. The summed E-state index contributed by atoms with van der Waals surface area (Å²) >= 11 is 0. The number of amides is 1. The van der Waals surface area contributed by atoms with Crippen molar-refractivity contribution < 1.29 is 13.2 Å². The fraction of sp³-hybridized carbons (Fsp3) is 0.450. The first kappa shape index (κ1) is 19.8. The highest BCUT2D eigenvalue weighted by molar-refractivity contribution is 7.91. The molecule has 0 saturated carbocycles. The molecule has 1 aromatic carbocycles. The number of carbonyl (C=O) groups is 1. The zero-order valence-electron chi connectivity index (χ0n) is 16.2. The lowest BCUT2D eigenvalue weighted by Gasteiger charge is -2.36. The molecule has 2 aliphatic heterocycles. The number of benzene rings is 1. The van der Waals surface area contributed by atoms with Crippen LogP contribution in [0.4, 0.5) is 11.6 Å². The van der Waals surface area contributed by atoms with Gasteiger partial charge in [-0.25, -0.2) is 18.4 Å². The lowest BCUT2D eigenvalue weighted by atomic mass is 10.1. The quantitative estimate of drug-likeness (QED) is 0.714. The largest absolute Gasteiger partial charge is 0.338 e. The average Bonchev–Trinajstić information content (AvgIpc) is 3.09. The van der Waals surface area contributed by atoms with Gasteiger partial charge in [-0.05, 0) is 24.6 Å². The Kier molecular flexibility index (Phi) is 5.77. The van der Waals surface area contributed by atoms with Crippen LogP contribution in [0.25, 0.3) is 0 Å². The lowest BCUT2D eigenvalue weighted by Crippen LogP contribution is -2.52. The van der Waals surface area contributed by atoms with Gasteiger partial charge in [-0.2, -0.15) is 0 Å². The monoisotopic (exact) mass is 415 g/mol. The van der Waals surface area contributed by atoms with Gasteiger partial charge in [-0.1, -0.05) is 18.2 Å². The number of carbonyl (C=O) groups excluding carboxylic acids is 1. The van der Waals surface area contributed by atoms with Crippen molar-refractivity contribution in [3.05, 3.63) is 48.8 Å². The zero-order chi connectivity index (χ0) is 20.3. The molecule has 1 amide bonds. The number of hydrogen-bond donors (Lipinski definition) is 0. The summed E-state index contributed by atoms with van der Waals surface area (Å²) in [5.41, 5.74) is 0.760. The molecule has 0 spiro atoms. The Bertz CT molecular complexity index is 931. The average molecular weight is 416 g/mol. The van der Waals surface area contributed by atoms with Crippen molar-refractivity contribution in [2.24, 2.45) is 0 Å². The Morgan fingerprint density at radius 2 is 1.72 bits per heavy atom. The van der Waals surface area contributed by atoms with E-state index in [1.807, 2.05) is 30.3 Å². The summed E-state index contributed by atoms with van der Waals surface area (Å²) in [7, 11) is -3.08. The summed E-state index contributed by atoms with van der Waals surface area (Å²) in [6.45, 7) is 3.24. The molecule has 2 fully saturated rings. The van der Waals surface area contributed by atoms with Crippen molar-refractivity contribution in [1.29, 1.82) is 0 Å². The Morgan fingerprint density at radius 3 is 2.34 bits per heavy atom. The molecule has 29 heavy (non-hydrogen) atoms. The van der Waals surface area contributed by atoms with Gasteiger partial charge in [0.25, 0.3) is 0 Å². The van der Waals surface area contributed by atoms with E-state index in [9.17, 15) is 13.2 Å². The molecule has 8 nitrogen and oxygen atoms in total. The normalized spacial score (nSPS) is 21.8.